The quantitative estimate of drug-likeness (QED) is 0.270. The molecule has 0 bridgehead atoms. The van der Waals surface area contributed by atoms with Crippen molar-refractivity contribution in [2.75, 3.05) is 0 Å². The summed E-state index contributed by atoms with van der Waals surface area (Å²) in [7, 11) is -4.64. The SMILES string of the molecule is O.O.O.O.O.O.O.O.O.O.O.O.O=P(O)(O)O.[AlH3].[H-].[K+]. The van der Waals surface area contributed by atoms with Gasteiger partial charge in [-0.05, 0) is 0 Å². The molecule has 0 aliphatic carbocycles. The monoisotopic (exact) mass is 384 g/mol. The molecule has 0 rings (SSSR count). The summed E-state index contributed by atoms with van der Waals surface area (Å²) in [5, 5.41) is 0. The van der Waals surface area contributed by atoms with Crippen LogP contribution in [-0.2, 0) is 4.57 Å². The first-order valence-electron chi connectivity index (χ1n) is 0.783. The Bertz CT molecular complexity index is 68.6. The van der Waals surface area contributed by atoms with Gasteiger partial charge in [0.2, 0.25) is 0 Å². The second-order valence-corrected chi connectivity index (χ2v) is 1.54. The predicted molar refractivity (Wildman–Crippen MR) is 68.7 cm³/mol. The molecule has 16 nitrogen and oxygen atoms in total. The Hall–Kier alpha value is 1.80. The van der Waals surface area contributed by atoms with E-state index in [1.807, 2.05) is 0 Å². The van der Waals surface area contributed by atoms with E-state index in [0.717, 1.165) is 0 Å². The standard InChI is InChI=1S/Al.K.H3O4P.12H2O.4H/c;;1-5(2,3)4;;;;;;;;;;;;;;;;/h;;(H3,1,2,3,4);12*1H2;;;;/q;+1;;;;;;;;;;;;;;;;;-1. The van der Waals surface area contributed by atoms with E-state index in [-0.39, 0.29) is 136 Å². The summed E-state index contributed by atoms with van der Waals surface area (Å²) in [6.07, 6.45) is 0. The first-order valence-corrected chi connectivity index (χ1v) is 2.35. The average molecular weight is 384 g/mol. The van der Waals surface area contributed by atoms with Crippen molar-refractivity contribution >= 4 is 25.2 Å². The minimum atomic E-state index is -4.64. The summed E-state index contributed by atoms with van der Waals surface area (Å²) in [6, 6.07) is 0. The summed E-state index contributed by atoms with van der Waals surface area (Å²) >= 11 is 0. The normalized spacial score (nSPS) is 3.11. The van der Waals surface area contributed by atoms with Crippen molar-refractivity contribution in [2.45, 2.75) is 0 Å². The molecule has 0 spiro atoms. The summed E-state index contributed by atoms with van der Waals surface area (Å²) in [5.74, 6) is 0. The Kier molecular flexibility index (Phi) is 1470. The summed E-state index contributed by atoms with van der Waals surface area (Å²) < 4.78 is 8.88. The van der Waals surface area contributed by atoms with Gasteiger partial charge in [-0.3, -0.25) is 0 Å². The van der Waals surface area contributed by atoms with Gasteiger partial charge in [-0.25, -0.2) is 4.57 Å². The smallest absolute Gasteiger partial charge is 1.00 e. The van der Waals surface area contributed by atoms with Gasteiger partial charge < -0.3 is 81.8 Å². The molecule has 0 unspecified atom stereocenters. The van der Waals surface area contributed by atoms with Gasteiger partial charge >= 0.3 is 59.2 Å². The molecule has 0 aliphatic rings. The Labute approximate surface area is 161 Å². The fourth-order valence-corrected chi connectivity index (χ4v) is 0. The third-order valence-corrected chi connectivity index (χ3v) is 0. The molecule has 0 amide bonds. The van der Waals surface area contributed by atoms with E-state index in [1.165, 1.54) is 0 Å². The third-order valence-electron chi connectivity index (χ3n) is 0. The van der Waals surface area contributed by atoms with Gasteiger partial charge in [0, 0.05) is 0 Å². The van der Waals surface area contributed by atoms with Gasteiger partial charge in [-0.15, -0.1) is 0 Å². The van der Waals surface area contributed by atoms with Crippen LogP contribution in [0.3, 0.4) is 0 Å². The fraction of sp³-hybridized carbons (Fsp3) is 0. The van der Waals surface area contributed by atoms with Gasteiger partial charge in [0.15, 0.2) is 17.4 Å². The molecule has 27 N–H and O–H groups in total. The minimum Gasteiger partial charge on any atom is -1.00 e. The van der Waals surface area contributed by atoms with Gasteiger partial charge in [0.1, 0.15) is 0 Å². The van der Waals surface area contributed by atoms with Crippen LogP contribution in [0.25, 0.3) is 0 Å². The van der Waals surface area contributed by atoms with Gasteiger partial charge in [-0.1, -0.05) is 0 Å². The molecule has 0 saturated carbocycles. The zero-order valence-corrected chi connectivity index (χ0v) is 13.2. The van der Waals surface area contributed by atoms with Gasteiger partial charge in [-0.2, -0.15) is 0 Å². The Balaban J connectivity index is -0.000000000762. The van der Waals surface area contributed by atoms with Crippen LogP contribution in [0, 0.1) is 0 Å². The molecule has 136 valence electrons. The molecule has 0 aromatic heterocycles. The van der Waals surface area contributed by atoms with Crippen molar-refractivity contribution in [3.8, 4) is 0 Å². The Morgan fingerprint density at radius 2 is 0.526 bits per heavy atom. The molecule has 0 heterocycles. The van der Waals surface area contributed by atoms with Crippen LogP contribution in [0.5, 0.6) is 0 Å². The molecule has 0 saturated heterocycles. The molecule has 0 radical (unpaired) electrons. The van der Waals surface area contributed by atoms with Gasteiger partial charge in [0.25, 0.3) is 0 Å². The number of hydrogen-bond donors (Lipinski definition) is 3. The topological polar surface area (TPSA) is 456 Å². The largest absolute Gasteiger partial charge is 1.00 e. The van der Waals surface area contributed by atoms with Crippen molar-refractivity contribution in [3.63, 3.8) is 0 Å². The minimum absolute atomic E-state index is 0. The van der Waals surface area contributed by atoms with E-state index in [9.17, 15) is 0 Å². The van der Waals surface area contributed by atoms with Crippen LogP contribution in [-0.4, -0.2) is 97.8 Å². The van der Waals surface area contributed by atoms with Crippen LogP contribution in [0.1, 0.15) is 1.43 Å². The molecule has 0 fully saturated rings. The predicted octanol–water partition coefficient (Wildman–Crippen LogP) is -14.9. The molecular weight excluding hydrogens is 353 g/mol. The number of hydrogen-bond acceptors (Lipinski definition) is 1. The van der Waals surface area contributed by atoms with E-state index in [0.29, 0.717) is 0 Å². The maximum atomic E-state index is 8.88. The maximum Gasteiger partial charge on any atom is 1.00 e. The van der Waals surface area contributed by atoms with Crippen molar-refractivity contribution in [2.24, 2.45) is 0 Å². The Morgan fingerprint density at radius 1 is 0.526 bits per heavy atom. The Morgan fingerprint density at radius 3 is 0.526 bits per heavy atom. The van der Waals surface area contributed by atoms with Crippen LogP contribution in [0.2, 0.25) is 0 Å². The molecule has 0 atom stereocenters. The molecule has 19 heteroatoms. The second kappa shape index (κ2) is 115. The fourth-order valence-electron chi connectivity index (χ4n) is 0. The van der Waals surface area contributed by atoms with Crippen LogP contribution < -0.4 is 51.4 Å². The molecule has 0 aromatic rings. The van der Waals surface area contributed by atoms with E-state index in [2.05, 4.69) is 0 Å². The van der Waals surface area contributed by atoms with Crippen molar-refractivity contribution in [3.05, 3.63) is 0 Å². The summed E-state index contributed by atoms with van der Waals surface area (Å²) in [5.41, 5.74) is 0. The first-order chi connectivity index (χ1) is 2.00. The second-order valence-electron chi connectivity index (χ2n) is 0.513. The molecule has 0 aromatic carbocycles. The van der Waals surface area contributed by atoms with Crippen molar-refractivity contribution < 1.29 is 138 Å². The molecule has 19 heavy (non-hydrogen) atoms. The van der Waals surface area contributed by atoms with Crippen molar-refractivity contribution in [1.29, 1.82) is 0 Å². The van der Waals surface area contributed by atoms with Crippen LogP contribution >= 0.6 is 7.82 Å². The van der Waals surface area contributed by atoms with E-state index in [1.54, 1.807) is 0 Å². The summed E-state index contributed by atoms with van der Waals surface area (Å²) in [4.78, 5) is 21.6. The van der Waals surface area contributed by atoms with Crippen LogP contribution in [0.4, 0.5) is 0 Å². The van der Waals surface area contributed by atoms with Crippen LogP contribution in [0.15, 0.2) is 0 Å². The van der Waals surface area contributed by atoms with E-state index in [4.69, 9.17) is 19.2 Å². The van der Waals surface area contributed by atoms with Crippen molar-refractivity contribution in [1.82, 2.24) is 0 Å². The average Bonchev–Trinajstić information content (AvgIpc) is 0.722. The number of rotatable bonds is 0. The zero-order valence-electron chi connectivity index (χ0n) is 10.2. The number of phosphoric acid groups is 1. The zero-order chi connectivity index (χ0) is 4.50. The molecule has 0 aliphatic heterocycles. The van der Waals surface area contributed by atoms with E-state index < -0.39 is 7.82 Å². The van der Waals surface area contributed by atoms with Gasteiger partial charge in [0.05, 0.1) is 0 Å². The first kappa shape index (κ1) is 242. The third kappa shape index (κ3) is 1940. The molecular formula is H31AlKO16P. The van der Waals surface area contributed by atoms with E-state index >= 15 is 0 Å². The summed E-state index contributed by atoms with van der Waals surface area (Å²) in [6.45, 7) is 0. The maximum absolute atomic E-state index is 8.88.